The molecule has 0 saturated carbocycles. The molecule has 3 aromatic carbocycles. The van der Waals surface area contributed by atoms with Crippen molar-refractivity contribution >= 4 is 5.97 Å². The fraction of sp³-hybridized carbons (Fsp3) is 0.382. The number of carbonyl (C=O) groups excluding carboxylic acids is 1. The van der Waals surface area contributed by atoms with Crippen LogP contribution in [0.25, 0.3) is 0 Å². The van der Waals surface area contributed by atoms with Gasteiger partial charge in [-0.25, -0.2) is 4.68 Å². The van der Waals surface area contributed by atoms with Gasteiger partial charge in [-0.2, -0.15) is 0 Å². The molecule has 0 unspecified atom stereocenters. The number of hydrogen-bond acceptors (Lipinski definition) is 8. The maximum Gasteiger partial charge on any atom is 0.313 e. The van der Waals surface area contributed by atoms with Crippen molar-refractivity contribution < 1.29 is 28.5 Å². The van der Waals surface area contributed by atoms with Crippen molar-refractivity contribution in [2.45, 2.75) is 71.7 Å². The van der Waals surface area contributed by atoms with E-state index in [-0.39, 0.29) is 12.7 Å². The summed E-state index contributed by atoms with van der Waals surface area (Å²) < 4.78 is 32.7. The van der Waals surface area contributed by atoms with Gasteiger partial charge in [0.25, 0.3) is 0 Å². The van der Waals surface area contributed by atoms with Crippen molar-refractivity contribution in [3.63, 3.8) is 0 Å². The topological polar surface area (TPSA) is 93.9 Å². The third-order valence-corrected chi connectivity index (χ3v) is 7.06. The zero-order chi connectivity index (χ0) is 30.1. The number of aromatic nitrogens is 3. The summed E-state index contributed by atoms with van der Waals surface area (Å²) in [7, 11) is 0. The molecular weight excluding hydrogens is 546 g/mol. The Kier molecular flexibility index (Phi) is 10.3. The molecule has 1 aliphatic heterocycles. The van der Waals surface area contributed by atoms with E-state index >= 15 is 0 Å². The van der Waals surface area contributed by atoms with Crippen LogP contribution < -0.4 is 0 Å². The Hall–Kier alpha value is -3.89. The van der Waals surface area contributed by atoms with Gasteiger partial charge in [-0.05, 0) is 37.5 Å². The van der Waals surface area contributed by atoms with Crippen molar-refractivity contribution in [3.8, 4) is 0 Å². The number of carbonyl (C=O) groups is 1. The zero-order valence-electron chi connectivity index (χ0n) is 24.9. The monoisotopic (exact) mass is 585 g/mol. The van der Waals surface area contributed by atoms with Gasteiger partial charge >= 0.3 is 5.97 Å². The molecule has 0 spiro atoms. The molecule has 4 atom stereocenters. The van der Waals surface area contributed by atoms with Crippen LogP contribution in [-0.4, -0.2) is 45.9 Å². The lowest BCUT2D eigenvalue weighted by molar-refractivity contribution is -0.157. The van der Waals surface area contributed by atoms with Crippen molar-refractivity contribution in [1.29, 1.82) is 0 Å². The largest absolute Gasteiger partial charge is 0.442 e. The van der Waals surface area contributed by atoms with E-state index in [1.54, 1.807) is 27.0 Å². The Morgan fingerprint density at radius 2 is 1.33 bits per heavy atom. The van der Waals surface area contributed by atoms with Crippen LogP contribution in [-0.2, 0) is 55.0 Å². The van der Waals surface area contributed by atoms with E-state index in [1.165, 1.54) is 4.68 Å². The highest BCUT2D eigenvalue weighted by atomic mass is 16.6. The lowest BCUT2D eigenvalue weighted by Gasteiger charge is -2.25. The van der Waals surface area contributed by atoms with Crippen LogP contribution in [0.2, 0.25) is 0 Å². The number of rotatable bonds is 13. The third-order valence-electron chi connectivity index (χ3n) is 7.06. The molecule has 0 amide bonds. The molecule has 0 N–H and O–H groups in total. The minimum Gasteiger partial charge on any atom is -0.442 e. The summed E-state index contributed by atoms with van der Waals surface area (Å²) in [5.41, 5.74) is 3.09. The van der Waals surface area contributed by atoms with E-state index < -0.39 is 29.8 Å². The van der Waals surface area contributed by atoms with Crippen LogP contribution in [0.5, 0.6) is 0 Å². The molecular formula is C34H39N3O6. The standard InChI is InChI=1S/C34H39N3O6/c1-34(2,3)33(38)42-24-37-19-28(35-36-37)30-32(41-22-27-17-11-6-12-18-27)31(40-21-26-15-9-5-10-16-26)29(43-30)23-39-20-25-13-7-4-8-14-25/h4-19,29-32H,20-24H2,1-3H3/t29-,30+,31-,32+/m1/s1. The Bertz CT molecular complexity index is 1410. The predicted molar refractivity (Wildman–Crippen MR) is 159 cm³/mol. The Labute approximate surface area is 252 Å². The molecule has 9 heteroatoms. The first kappa shape index (κ1) is 30.6. The van der Waals surface area contributed by atoms with Gasteiger partial charge < -0.3 is 23.7 Å². The van der Waals surface area contributed by atoms with Crippen molar-refractivity contribution in [1.82, 2.24) is 15.0 Å². The number of nitrogens with zero attached hydrogens (tertiary/aromatic N) is 3. The lowest BCUT2D eigenvalue weighted by Crippen LogP contribution is -2.37. The fourth-order valence-electron chi connectivity index (χ4n) is 4.73. The normalized spacial score (nSPS) is 20.3. The molecule has 1 aliphatic rings. The highest BCUT2D eigenvalue weighted by Crippen LogP contribution is 2.38. The number of ether oxygens (including phenoxy) is 5. The first-order chi connectivity index (χ1) is 20.9. The minimum absolute atomic E-state index is 0.0527. The summed E-state index contributed by atoms with van der Waals surface area (Å²) in [6.45, 7) is 6.86. The maximum atomic E-state index is 12.3. The van der Waals surface area contributed by atoms with E-state index in [4.69, 9.17) is 23.7 Å². The molecule has 0 aliphatic carbocycles. The van der Waals surface area contributed by atoms with E-state index in [1.807, 2.05) is 91.0 Å². The Morgan fingerprint density at radius 1 is 0.791 bits per heavy atom. The van der Waals surface area contributed by atoms with Crippen LogP contribution in [0.1, 0.15) is 49.3 Å². The second kappa shape index (κ2) is 14.5. The fourth-order valence-corrected chi connectivity index (χ4v) is 4.73. The van der Waals surface area contributed by atoms with Crippen LogP contribution in [0.3, 0.4) is 0 Å². The van der Waals surface area contributed by atoms with Gasteiger partial charge in [-0.3, -0.25) is 4.79 Å². The average Bonchev–Trinajstić information content (AvgIpc) is 3.63. The van der Waals surface area contributed by atoms with Gasteiger partial charge in [0.15, 0.2) is 6.73 Å². The van der Waals surface area contributed by atoms with E-state index in [9.17, 15) is 4.79 Å². The summed E-state index contributed by atoms with van der Waals surface area (Å²) in [6.07, 6.45) is -0.241. The number of esters is 1. The van der Waals surface area contributed by atoms with Crippen LogP contribution in [0.15, 0.2) is 97.2 Å². The highest BCUT2D eigenvalue weighted by Gasteiger charge is 2.48. The molecule has 0 bridgehead atoms. The molecule has 1 aromatic heterocycles. The minimum atomic E-state index is -0.620. The summed E-state index contributed by atoms with van der Waals surface area (Å²) in [5.74, 6) is -0.323. The number of benzene rings is 3. The summed E-state index contributed by atoms with van der Waals surface area (Å²) in [4.78, 5) is 12.3. The first-order valence-corrected chi connectivity index (χ1v) is 14.5. The van der Waals surface area contributed by atoms with E-state index in [2.05, 4.69) is 10.3 Å². The van der Waals surface area contributed by atoms with E-state index in [0.29, 0.717) is 32.1 Å². The molecule has 43 heavy (non-hydrogen) atoms. The van der Waals surface area contributed by atoms with Crippen LogP contribution in [0, 0.1) is 5.41 Å². The molecule has 1 saturated heterocycles. The first-order valence-electron chi connectivity index (χ1n) is 14.5. The molecule has 1 fully saturated rings. The van der Waals surface area contributed by atoms with Crippen molar-refractivity contribution in [3.05, 3.63) is 120 Å². The second-order valence-electron chi connectivity index (χ2n) is 11.6. The van der Waals surface area contributed by atoms with Gasteiger partial charge in [0.05, 0.1) is 38.0 Å². The summed E-state index contributed by atoms with van der Waals surface area (Å²) in [5, 5.41) is 8.57. The lowest BCUT2D eigenvalue weighted by atomic mass is 9.98. The molecule has 0 radical (unpaired) electrons. The molecule has 5 rings (SSSR count). The van der Waals surface area contributed by atoms with Crippen LogP contribution in [0.4, 0.5) is 0 Å². The SMILES string of the molecule is CC(C)(C)C(=O)OCn1cc([C@@H]2O[C@H](COCc3ccccc3)[C@@H](OCc3ccccc3)[C@H]2OCc2ccccc2)nn1. The summed E-state index contributed by atoms with van der Waals surface area (Å²) in [6, 6.07) is 30.0. The molecule has 9 nitrogen and oxygen atoms in total. The molecule has 4 aromatic rings. The quantitative estimate of drug-likeness (QED) is 0.186. The van der Waals surface area contributed by atoms with Crippen LogP contribution >= 0.6 is 0 Å². The predicted octanol–water partition coefficient (Wildman–Crippen LogP) is 5.65. The maximum absolute atomic E-state index is 12.3. The Morgan fingerprint density at radius 3 is 1.88 bits per heavy atom. The van der Waals surface area contributed by atoms with Gasteiger partial charge in [-0.15, -0.1) is 5.10 Å². The van der Waals surface area contributed by atoms with Gasteiger partial charge in [0.2, 0.25) is 0 Å². The molecule has 2 heterocycles. The second-order valence-corrected chi connectivity index (χ2v) is 11.6. The molecule has 226 valence electrons. The zero-order valence-corrected chi connectivity index (χ0v) is 24.9. The smallest absolute Gasteiger partial charge is 0.313 e. The van der Waals surface area contributed by atoms with E-state index in [0.717, 1.165) is 16.7 Å². The third kappa shape index (κ3) is 8.58. The summed E-state index contributed by atoms with van der Waals surface area (Å²) >= 11 is 0. The average molecular weight is 586 g/mol. The van der Waals surface area contributed by atoms with Gasteiger partial charge in [-0.1, -0.05) is 96.2 Å². The van der Waals surface area contributed by atoms with Crippen molar-refractivity contribution in [2.24, 2.45) is 5.41 Å². The Balaban J connectivity index is 1.36. The number of hydrogen-bond donors (Lipinski definition) is 0. The van der Waals surface area contributed by atoms with Gasteiger partial charge in [0, 0.05) is 0 Å². The van der Waals surface area contributed by atoms with Crippen molar-refractivity contribution in [2.75, 3.05) is 6.61 Å². The highest BCUT2D eigenvalue weighted by molar-refractivity contribution is 5.75. The van der Waals surface area contributed by atoms with Gasteiger partial charge in [0.1, 0.15) is 30.1 Å².